The van der Waals surface area contributed by atoms with Gasteiger partial charge in [0.2, 0.25) is 11.1 Å². The predicted molar refractivity (Wildman–Crippen MR) is 63.3 cm³/mol. The van der Waals surface area contributed by atoms with E-state index in [0.717, 1.165) is 11.8 Å². The molecule has 0 radical (unpaired) electrons. The average molecular weight is 273 g/mol. The Morgan fingerprint density at radius 1 is 1.29 bits per heavy atom. The van der Waals surface area contributed by atoms with Gasteiger partial charge in [0, 0.05) is 0 Å². The number of aryl methyl sites for hydroxylation is 1. The van der Waals surface area contributed by atoms with Gasteiger partial charge in [-0.05, 0) is 36.2 Å². The lowest BCUT2D eigenvalue weighted by Crippen LogP contribution is -1.95. The van der Waals surface area contributed by atoms with E-state index in [9.17, 15) is 4.39 Å². The van der Waals surface area contributed by atoms with Crippen LogP contribution in [0.3, 0.4) is 0 Å². The second-order valence-corrected chi connectivity index (χ2v) is 4.07. The van der Waals surface area contributed by atoms with Crippen LogP contribution in [0.25, 0.3) is 0 Å². The van der Waals surface area contributed by atoms with Crippen LogP contribution in [0.2, 0.25) is 10.3 Å². The van der Waals surface area contributed by atoms with E-state index in [2.05, 4.69) is 9.97 Å². The Balaban J connectivity index is 2.34. The third-order valence-corrected chi connectivity index (χ3v) is 2.45. The van der Waals surface area contributed by atoms with Crippen LogP contribution in [-0.4, -0.2) is 9.97 Å². The minimum Gasteiger partial charge on any atom is -0.435 e. The maximum Gasteiger partial charge on any atom is 0.260 e. The fourth-order valence-electron chi connectivity index (χ4n) is 1.20. The highest BCUT2D eigenvalue weighted by atomic mass is 35.5. The Labute approximate surface area is 107 Å². The summed E-state index contributed by atoms with van der Waals surface area (Å²) in [7, 11) is 0. The van der Waals surface area contributed by atoms with Gasteiger partial charge in [-0.1, -0.05) is 17.7 Å². The lowest BCUT2D eigenvalue weighted by atomic mass is 10.2. The molecule has 0 saturated carbocycles. The van der Waals surface area contributed by atoms with E-state index in [1.165, 1.54) is 0 Å². The second kappa shape index (κ2) is 4.85. The van der Waals surface area contributed by atoms with Crippen molar-refractivity contribution < 1.29 is 9.13 Å². The fraction of sp³-hybridized carbons (Fsp3) is 0.0909. The molecule has 17 heavy (non-hydrogen) atoms. The predicted octanol–water partition coefficient (Wildman–Crippen LogP) is 4.02. The van der Waals surface area contributed by atoms with Crippen LogP contribution in [-0.2, 0) is 0 Å². The van der Waals surface area contributed by atoms with Crippen LogP contribution < -0.4 is 4.74 Å². The van der Waals surface area contributed by atoms with Gasteiger partial charge in [0.1, 0.15) is 5.75 Å². The average Bonchev–Trinajstić information content (AvgIpc) is 2.27. The fourth-order valence-corrected chi connectivity index (χ4v) is 1.59. The first kappa shape index (κ1) is 12.1. The topological polar surface area (TPSA) is 35.0 Å². The molecular weight excluding hydrogens is 266 g/mol. The normalized spacial score (nSPS) is 10.4. The van der Waals surface area contributed by atoms with Gasteiger partial charge in [0.25, 0.3) is 5.88 Å². The quantitative estimate of drug-likeness (QED) is 0.775. The van der Waals surface area contributed by atoms with Gasteiger partial charge in [0.15, 0.2) is 0 Å². The van der Waals surface area contributed by atoms with Crippen molar-refractivity contribution in [3.8, 4) is 11.6 Å². The van der Waals surface area contributed by atoms with Crippen molar-refractivity contribution in [2.75, 3.05) is 0 Å². The first-order chi connectivity index (χ1) is 8.06. The van der Waals surface area contributed by atoms with Crippen LogP contribution >= 0.6 is 23.2 Å². The van der Waals surface area contributed by atoms with Crippen LogP contribution in [0, 0.1) is 12.7 Å². The number of hydrogen-bond donors (Lipinski definition) is 0. The number of hydrogen-bond acceptors (Lipinski definition) is 3. The molecule has 1 aromatic heterocycles. The molecule has 0 aliphatic carbocycles. The second-order valence-electron chi connectivity index (χ2n) is 3.33. The molecule has 1 heterocycles. The zero-order chi connectivity index (χ0) is 12.4. The highest BCUT2D eigenvalue weighted by Crippen LogP contribution is 2.30. The minimum absolute atomic E-state index is 0.0929. The summed E-state index contributed by atoms with van der Waals surface area (Å²) in [5.74, 6) is -0.646. The zero-order valence-electron chi connectivity index (χ0n) is 8.75. The van der Waals surface area contributed by atoms with Gasteiger partial charge in [-0.15, -0.1) is 0 Å². The van der Waals surface area contributed by atoms with E-state index in [1.54, 1.807) is 18.2 Å². The Kier molecular flexibility index (Phi) is 3.45. The molecule has 0 spiro atoms. The van der Waals surface area contributed by atoms with Gasteiger partial charge in [0.05, 0.1) is 11.2 Å². The lowest BCUT2D eigenvalue weighted by molar-refractivity contribution is 0.420. The summed E-state index contributed by atoms with van der Waals surface area (Å²) in [5.41, 5.74) is 0.976. The van der Waals surface area contributed by atoms with Gasteiger partial charge < -0.3 is 4.74 Å². The van der Waals surface area contributed by atoms with Gasteiger partial charge >= 0.3 is 0 Å². The molecule has 0 aliphatic rings. The van der Waals surface area contributed by atoms with E-state index >= 15 is 0 Å². The van der Waals surface area contributed by atoms with Gasteiger partial charge in [-0.2, -0.15) is 9.37 Å². The number of halogens is 3. The summed E-state index contributed by atoms with van der Waals surface area (Å²) in [6.45, 7) is 1.89. The standard InChI is InChI=1S/C11H7Cl2FN2O/c1-6-2-3-9(7(12)4-6)17-10-8(14)5-15-11(13)16-10/h2-5H,1H3. The number of nitrogens with zero attached hydrogens (tertiary/aromatic N) is 2. The Hall–Kier alpha value is -1.39. The number of benzene rings is 1. The third kappa shape index (κ3) is 2.84. The molecule has 2 aromatic rings. The van der Waals surface area contributed by atoms with E-state index in [4.69, 9.17) is 27.9 Å². The van der Waals surface area contributed by atoms with E-state index in [-0.39, 0.29) is 11.2 Å². The Morgan fingerprint density at radius 2 is 2.06 bits per heavy atom. The number of aromatic nitrogens is 2. The van der Waals surface area contributed by atoms with E-state index < -0.39 is 5.82 Å². The highest BCUT2D eigenvalue weighted by Gasteiger charge is 2.10. The SMILES string of the molecule is Cc1ccc(Oc2nc(Cl)ncc2F)c(Cl)c1. The monoisotopic (exact) mass is 272 g/mol. The van der Waals surface area contributed by atoms with Crippen molar-refractivity contribution in [2.24, 2.45) is 0 Å². The summed E-state index contributed by atoms with van der Waals surface area (Å²) < 4.78 is 18.5. The molecule has 0 fully saturated rings. The molecule has 0 saturated heterocycles. The molecule has 0 atom stereocenters. The number of ether oxygens (including phenoxy) is 1. The van der Waals surface area contributed by atoms with Crippen LogP contribution in [0.5, 0.6) is 11.6 Å². The maximum absolute atomic E-state index is 13.3. The first-order valence-electron chi connectivity index (χ1n) is 4.68. The summed E-state index contributed by atoms with van der Waals surface area (Å²) in [6, 6.07) is 5.13. The van der Waals surface area contributed by atoms with Crippen molar-refractivity contribution in [2.45, 2.75) is 6.92 Å². The molecule has 0 unspecified atom stereocenters. The first-order valence-corrected chi connectivity index (χ1v) is 5.44. The minimum atomic E-state index is -0.703. The lowest BCUT2D eigenvalue weighted by Gasteiger charge is -2.07. The summed E-state index contributed by atoms with van der Waals surface area (Å²) in [6.07, 6.45) is 0.937. The van der Waals surface area contributed by atoms with Crippen LogP contribution in [0.4, 0.5) is 4.39 Å². The maximum atomic E-state index is 13.3. The highest BCUT2D eigenvalue weighted by molar-refractivity contribution is 6.32. The van der Waals surface area contributed by atoms with Crippen LogP contribution in [0.15, 0.2) is 24.4 Å². The summed E-state index contributed by atoms with van der Waals surface area (Å²) in [4.78, 5) is 7.11. The summed E-state index contributed by atoms with van der Waals surface area (Å²) in [5, 5.41) is 0.281. The molecule has 0 N–H and O–H groups in total. The molecule has 88 valence electrons. The molecule has 0 aliphatic heterocycles. The van der Waals surface area contributed by atoms with Crippen molar-refractivity contribution in [3.63, 3.8) is 0 Å². The summed E-state index contributed by atoms with van der Waals surface area (Å²) >= 11 is 11.5. The molecule has 0 amide bonds. The molecule has 0 bridgehead atoms. The molecule has 6 heteroatoms. The van der Waals surface area contributed by atoms with Crippen molar-refractivity contribution in [3.05, 3.63) is 46.1 Å². The Morgan fingerprint density at radius 3 is 2.76 bits per heavy atom. The van der Waals surface area contributed by atoms with Gasteiger partial charge in [-0.3, -0.25) is 0 Å². The van der Waals surface area contributed by atoms with Crippen LogP contribution in [0.1, 0.15) is 5.56 Å². The van der Waals surface area contributed by atoms with E-state index in [1.807, 2.05) is 6.92 Å². The smallest absolute Gasteiger partial charge is 0.260 e. The molecule has 2 rings (SSSR count). The van der Waals surface area contributed by atoms with E-state index in [0.29, 0.717) is 10.8 Å². The van der Waals surface area contributed by atoms with Crippen molar-refractivity contribution >= 4 is 23.2 Å². The molecule has 3 nitrogen and oxygen atoms in total. The zero-order valence-corrected chi connectivity index (χ0v) is 10.3. The number of rotatable bonds is 2. The van der Waals surface area contributed by atoms with Crippen molar-refractivity contribution in [1.29, 1.82) is 0 Å². The van der Waals surface area contributed by atoms with Crippen molar-refractivity contribution in [1.82, 2.24) is 9.97 Å². The largest absolute Gasteiger partial charge is 0.435 e. The van der Waals surface area contributed by atoms with Gasteiger partial charge in [-0.25, -0.2) is 4.98 Å². The third-order valence-electron chi connectivity index (χ3n) is 1.98. The molecule has 1 aromatic carbocycles. The Bertz CT molecular complexity index is 563. The molecular formula is C11H7Cl2FN2O.